The summed E-state index contributed by atoms with van der Waals surface area (Å²) in [4.78, 5) is 2.36. The molecule has 1 aliphatic rings. The average molecular weight is 409 g/mol. The molecular weight excluding hydrogens is 368 g/mol. The highest BCUT2D eigenvalue weighted by Crippen LogP contribution is 2.25. The summed E-state index contributed by atoms with van der Waals surface area (Å²) in [5.74, 6) is 1.46. The van der Waals surface area contributed by atoms with Gasteiger partial charge in [-0.05, 0) is 32.0 Å². The lowest BCUT2D eigenvalue weighted by Gasteiger charge is -2.27. The van der Waals surface area contributed by atoms with Crippen molar-refractivity contribution in [3.8, 4) is 11.5 Å². The molecule has 1 unspecified atom stereocenters. The van der Waals surface area contributed by atoms with E-state index in [9.17, 15) is 10.2 Å². The molecule has 0 spiro atoms. The molecule has 1 fully saturated rings. The van der Waals surface area contributed by atoms with Crippen LogP contribution in [0.1, 0.15) is 51.5 Å². The number of nitrogens with one attached hydrogen (secondary N) is 1. The van der Waals surface area contributed by atoms with E-state index >= 15 is 0 Å². The molecule has 0 bridgehead atoms. The van der Waals surface area contributed by atoms with Crippen molar-refractivity contribution < 1.29 is 19.7 Å². The van der Waals surface area contributed by atoms with Gasteiger partial charge < -0.3 is 29.9 Å². The highest BCUT2D eigenvalue weighted by atomic mass is 16.5. The maximum atomic E-state index is 10.5. The Bertz CT molecular complexity index is 586. The molecule has 0 amide bonds. The van der Waals surface area contributed by atoms with Crippen molar-refractivity contribution in [3.63, 3.8) is 0 Å². The Morgan fingerprint density at radius 2 is 1.83 bits per heavy atom. The third-order valence-electron chi connectivity index (χ3n) is 5.47. The van der Waals surface area contributed by atoms with Crippen LogP contribution < -0.4 is 14.8 Å². The van der Waals surface area contributed by atoms with E-state index in [-0.39, 0.29) is 18.6 Å². The second-order valence-corrected chi connectivity index (χ2v) is 8.93. The van der Waals surface area contributed by atoms with Gasteiger partial charge in [0.05, 0.1) is 7.11 Å². The lowest BCUT2D eigenvalue weighted by atomic mass is 9.95. The molecule has 0 aromatic heterocycles. The highest BCUT2D eigenvalue weighted by Gasteiger charge is 2.17. The maximum absolute atomic E-state index is 10.5. The minimum Gasteiger partial charge on any atom is -0.497 e. The molecule has 1 aliphatic heterocycles. The summed E-state index contributed by atoms with van der Waals surface area (Å²) in [6.07, 6.45) is 5.82. The number of ether oxygens (including phenoxy) is 2. The predicted octanol–water partition coefficient (Wildman–Crippen LogP) is 2.81. The van der Waals surface area contributed by atoms with Crippen molar-refractivity contribution in [1.29, 1.82) is 0 Å². The molecular formula is C23H40N2O4. The molecule has 1 saturated heterocycles. The van der Waals surface area contributed by atoms with Gasteiger partial charge in [-0.25, -0.2) is 0 Å². The van der Waals surface area contributed by atoms with Gasteiger partial charge in [0.2, 0.25) is 0 Å². The van der Waals surface area contributed by atoms with E-state index in [2.05, 4.69) is 10.2 Å². The van der Waals surface area contributed by atoms with E-state index in [1.165, 1.54) is 32.1 Å². The van der Waals surface area contributed by atoms with Gasteiger partial charge in [-0.2, -0.15) is 0 Å². The van der Waals surface area contributed by atoms with E-state index in [1.807, 2.05) is 32.0 Å². The summed E-state index contributed by atoms with van der Waals surface area (Å²) >= 11 is 0. The molecule has 166 valence electrons. The van der Waals surface area contributed by atoms with Crippen molar-refractivity contribution in [3.05, 3.63) is 23.8 Å². The third kappa shape index (κ3) is 8.91. The first-order chi connectivity index (χ1) is 13.9. The van der Waals surface area contributed by atoms with Crippen LogP contribution in [0, 0.1) is 5.41 Å². The summed E-state index contributed by atoms with van der Waals surface area (Å²) in [5.41, 5.74) is 0.841. The molecule has 1 aromatic rings. The number of likely N-dealkylation sites (tertiary alicyclic amines) is 1. The molecule has 29 heavy (non-hydrogen) atoms. The molecule has 0 aliphatic carbocycles. The average Bonchev–Trinajstić information content (AvgIpc) is 2.69. The fourth-order valence-corrected chi connectivity index (χ4v) is 3.57. The van der Waals surface area contributed by atoms with Crippen LogP contribution in [0.4, 0.5) is 0 Å². The van der Waals surface area contributed by atoms with Crippen LogP contribution >= 0.6 is 0 Å². The first kappa shape index (κ1) is 23.9. The number of aliphatic hydroxyl groups excluding tert-OH is 2. The Balaban J connectivity index is 1.89. The van der Waals surface area contributed by atoms with Gasteiger partial charge in [0.25, 0.3) is 0 Å². The summed E-state index contributed by atoms with van der Waals surface area (Å²) in [6, 6.07) is 5.77. The van der Waals surface area contributed by atoms with E-state index in [0.717, 1.165) is 30.2 Å². The Labute approximate surface area is 176 Å². The fraction of sp³-hybridized carbons (Fsp3) is 0.739. The van der Waals surface area contributed by atoms with Gasteiger partial charge in [-0.3, -0.25) is 0 Å². The maximum Gasteiger partial charge on any atom is 0.127 e. The van der Waals surface area contributed by atoms with Crippen LogP contribution in [-0.2, 0) is 6.54 Å². The van der Waals surface area contributed by atoms with Crippen molar-refractivity contribution in [2.24, 2.45) is 5.41 Å². The van der Waals surface area contributed by atoms with Crippen LogP contribution in [0.25, 0.3) is 0 Å². The number of hydrogen-bond donors (Lipinski definition) is 3. The topological polar surface area (TPSA) is 74.2 Å². The minimum atomic E-state index is -0.519. The molecule has 1 heterocycles. The van der Waals surface area contributed by atoms with Crippen LogP contribution in [0.3, 0.4) is 0 Å². The summed E-state index contributed by atoms with van der Waals surface area (Å²) in [5, 5.41) is 23.3. The van der Waals surface area contributed by atoms with Gasteiger partial charge in [-0.1, -0.05) is 39.2 Å². The fourth-order valence-electron chi connectivity index (χ4n) is 3.57. The Morgan fingerprint density at radius 3 is 2.48 bits per heavy atom. The molecule has 1 aromatic carbocycles. The molecule has 6 nitrogen and oxygen atoms in total. The third-order valence-corrected chi connectivity index (χ3v) is 5.47. The smallest absolute Gasteiger partial charge is 0.127 e. The molecule has 1 atom stereocenters. The Hall–Kier alpha value is -1.34. The van der Waals surface area contributed by atoms with E-state index in [4.69, 9.17) is 9.47 Å². The van der Waals surface area contributed by atoms with Gasteiger partial charge in [0, 0.05) is 43.3 Å². The second-order valence-electron chi connectivity index (χ2n) is 8.93. The number of methoxy groups -OCH3 is 1. The SMILES string of the molecule is COc1ccc(CNCC(C)(C)CO)c(OCC(O)CN2CCCCCCC2)c1. The van der Waals surface area contributed by atoms with Crippen molar-refractivity contribution in [2.75, 3.05) is 46.5 Å². The zero-order valence-electron chi connectivity index (χ0n) is 18.5. The molecule has 0 saturated carbocycles. The van der Waals surface area contributed by atoms with Gasteiger partial charge >= 0.3 is 0 Å². The van der Waals surface area contributed by atoms with Crippen LogP contribution in [0.15, 0.2) is 18.2 Å². The summed E-state index contributed by atoms with van der Waals surface area (Å²) in [6.45, 7) is 8.55. The van der Waals surface area contributed by atoms with Gasteiger partial charge in [-0.15, -0.1) is 0 Å². The lowest BCUT2D eigenvalue weighted by molar-refractivity contribution is 0.0649. The zero-order chi connectivity index (χ0) is 21.1. The number of rotatable bonds is 11. The van der Waals surface area contributed by atoms with E-state index in [0.29, 0.717) is 19.6 Å². The van der Waals surface area contributed by atoms with E-state index < -0.39 is 6.10 Å². The number of hydrogen-bond acceptors (Lipinski definition) is 6. The number of aliphatic hydroxyl groups is 2. The second kappa shape index (κ2) is 12.4. The summed E-state index contributed by atoms with van der Waals surface area (Å²) < 4.78 is 11.3. The molecule has 3 N–H and O–H groups in total. The number of nitrogens with zero attached hydrogens (tertiary/aromatic N) is 1. The molecule has 0 radical (unpaired) electrons. The zero-order valence-corrected chi connectivity index (χ0v) is 18.5. The first-order valence-corrected chi connectivity index (χ1v) is 11.0. The Morgan fingerprint density at radius 1 is 1.14 bits per heavy atom. The van der Waals surface area contributed by atoms with Gasteiger partial charge in [0.15, 0.2) is 0 Å². The quantitative estimate of drug-likeness (QED) is 0.523. The van der Waals surface area contributed by atoms with E-state index in [1.54, 1.807) is 7.11 Å². The molecule has 2 rings (SSSR count). The first-order valence-electron chi connectivity index (χ1n) is 11.0. The highest BCUT2D eigenvalue weighted by molar-refractivity contribution is 5.40. The number of β-amino-alcohol motifs (C(OH)–C–C–N with tert-alkyl or cyclic N) is 1. The number of benzene rings is 1. The largest absolute Gasteiger partial charge is 0.497 e. The van der Waals surface area contributed by atoms with Crippen molar-refractivity contribution >= 4 is 0 Å². The van der Waals surface area contributed by atoms with Crippen LogP contribution in [0.5, 0.6) is 11.5 Å². The predicted molar refractivity (Wildman–Crippen MR) is 117 cm³/mol. The summed E-state index contributed by atoms with van der Waals surface area (Å²) in [7, 11) is 1.64. The normalized spacial score (nSPS) is 17.4. The Kier molecular flexibility index (Phi) is 10.2. The van der Waals surface area contributed by atoms with Crippen molar-refractivity contribution in [2.45, 2.75) is 58.6 Å². The van der Waals surface area contributed by atoms with Crippen LogP contribution in [-0.4, -0.2) is 67.7 Å². The van der Waals surface area contributed by atoms with Crippen molar-refractivity contribution in [1.82, 2.24) is 10.2 Å². The monoisotopic (exact) mass is 408 g/mol. The standard InChI is InChI=1S/C23H40N2O4/c1-23(2,18-26)17-24-14-19-9-10-21(28-3)13-22(19)29-16-20(27)15-25-11-7-5-4-6-8-12-25/h9-10,13,20,24,26-27H,4-8,11-12,14-18H2,1-3H3. The lowest BCUT2D eigenvalue weighted by Crippen LogP contribution is -2.37. The van der Waals surface area contributed by atoms with Gasteiger partial charge in [0.1, 0.15) is 24.2 Å². The minimum absolute atomic E-state index is 0.134. The molecule has 6 heteroatoms. The van der Waals surface area contributed by atoms with Crippen LogP contribution in [0.2, 0.25) is 0 Å².